The molecule has 0 radical (unpaired) electrons. The minimum Gasteiger partial charge on any atom is -0.322 e. The number of nitrogens with one attached hydrogen (secondary N) is 1. The average molecular weight is 269 g/mol. The molecular formula is C12H7ClF2N2O. The molecule has 0 spiro atoms. The Labute approximate surface area is 106 Å². The van der Waals surface area contributed by atoms with Crippen LogP contribution in [0, 0.1) is 11.6 Å². The quantitative estimate of drug-likeness (QED) is 0.850. The van der Waals surface area contributed by atoms with Crippen LogP contribution in [0.2, 0.25) is 5.15 Å². The van der Waals surface area contributed by atoms with Gasteiger partial charge >= 0.3 is 0 Å². The third-order valence-electron chi connectivity index (χ3n) is 2.13. The first-order valence-corrected chi connectivity index (χ1v) is 5.32. The van der Waals surface area contributed by atoms with Crippen LogP contribution in [0.5, 0.6) is 0 Å². The molecule has 0 saturated heterocycles. The standard InChI is InChI=1S/C12H7ClF2N2O/c13-11-10(5-8(15)6-16-11)12(18)17-9-3-1-2-7(14)4-9/h1-6H,(H,17,18). The van der Waals surface area contributed by atoms with Gasteiger partial charge in [-0.3, -0.25) is 4.79 Å². The smallest absolute Gasteiger partial charge is 0.258 e. The highest BCUT2D eigenvalue weighted by Crippen LogP contribution is 2.16. The van der Waals surface area contributed by atoms with Crippen molar-refractivity contribution in [1.29, 1.82) is 0 Å². The number of hydrogen-bond acceptors (Lipinski definition) is 2. The van der Waals surface area contributed by atoms with E-state index in [1.165, 1.54) is 18.2 Å². The molecule has 0 fully saturated rings. The van der Waals surface area contributed by atoms with Crippen LogP contribution in [0.15, 0.2) is 36.5 Å². The molecule has 92 valence electrons. The Kier molecular flexibility index (Phi) is 3.53. The lowest BCUT2D eigenvalue weighted by Gasteiger charge is -2.06. The Morgan fingerprint density at radius 3 is 2.72 bits per heavy atom. The van der Waals surface area contributed by atoms with E-state index in [4.69, 9.17) is 11.6 Å². The lowest BCUT2D eigenvalue weighted by Crippen LogP contribution is -2.13. The Morgan fingerprint density at radius 1 is 1.22 bits per heavy atom. The highest BCUT2D eigenvalue weighted by molar-refractivity contribution is 6.33. The molecule has 1 N–H and O–H groups in total. The van der Waals surface area contributed by atoms with Gasteiger partial charge in [-0.25, -0.2) is 13.8 Å². The second-order valence-corrected chi connectivity index (χ2v) is 3.81. The van der Waals surface area contributed by atoms with Gasteiger partial charge in [0.25, 0.3) is 5.91 Å². The van der Waals surface area contributed by atoms with Crippen LogP contribution in [-0.4, -0.2) is 10.9 Å². The summed E-state index contributed by atoms with van der Waals surface area (Å²) in [6, 6.07) is 6.28. The first kappa shape index (κ1) is 12.4. The molecule has 1 aromatic carbocycles. The van der Waals surface area contributed by atoms with E-state index in [1.807, 2.05) is 0 Å². The van der Waals surface area contributed by atoms with Crippen molar-refractivity contribution < 1.29 is 13.6 Å². The molecule has 0 aliphatic carbocycles. The molecule has 3 nitrogen and oxygen atoms in total. The van der Waals surface area contributed by atoms with E-state index >= 15 is 0 Å². The van der Waals surface area contributed by atoms with Gasteiger partial charge in [-0.1, -0.05) is 17.7 Å². The lowest BCUT2D eigenvalue weighted by atomic mass is 10.2. The van der Waals surface area contributed by atoms with Crippen molar-refractivity contribution in [3.05, 3.63) is 58.9 Å². The molecule has 2 rings (SSSR count). The van der Waals surface area contributed by atoms with Gasteiger partial charge in [0.2, 0.25) is 0 Å². The molecular weight excluding hydrogens is 262 g/mol. The maximum atomic E-state index is 12.9. The topological polar surface area (TPSA) is 42.0 Å². The number of nitrogens with zero attached hydrogens (tertiary/aromatic N) is 1. The summed E-state index contributed by atoms with van der Waals surface area (Å²) >= 11 is 5.68. The van der Waals surface area contributed by atoms with Crippen molar-refractivity contribution >= 4 is 23.2 Å². The molecule has 0 bridgehead atoms. The molecule has 0 saturated carbocycles. The van der Waals surface area contributed by atoms with Crippen LogP contribution < -0.4 is 5.32 Å². The van der Waals surface area contributed by atoms with Gasteiger partial charge in [0.1, 0.15) is 16.8 Å². The van der Waals surface area contributed by atoms with E-state index in [9.17, 15) is 13.6 Å². The molecule has 1 amide bonds. The van der Waals surface area contributed by atoms with E-state index in [-0.39, 0.29) is 16.4 Å². The van der Waals surface area contributed by atoms with E-state index in [1.54, 1.807) is 0 Å². The average Bonchev–Trinajstić information content (AvgIpc) is 2.32. The molecule has 1 aromatic heterocycles. The van der Waals surface area contributed by atoms with Crippen molar-refractivity contribution in [2.45, 2.75) is 0 Å². The summed E-state index contributed by atoms with van der Waals surface area (Å²) in [4.78, 5) is 15.3. The fourth-order valence-electron chi connectivity index (χ4n) is 1.35. The summed E-state index contributed by atoms with van der Waals surface area (Å²) in [5.74, 6) is -1.82. The molecule has 1 heterocycles. The highest BCUT2D eigenvalue weighted by Gasteiger charge is 2.13. The Hall–Kier alpha value is -2.01. The number of rotatable bonds is 2. The van der Waals surface area contributed by atoms with Crippen molar-refractivity contribution in [3.8, 4) is 0 Å². The SMILES string of the molecule is O=C(Nc1cccc(F)c1)c1cc(F)cnc1Cl. The van der Waals surface area contributed by atoms with Gasteiger partial charge in [0.15, 0.2) is 0 Å². The monoisotopic (exact) mass is 268 g/mol. The molecule has 0 aliphatic rings. The molecule has 0 unspecified atom stereocenters. The number of halogens is 3. The van der Waals surface area contributed by atoms with Crippen LogP contribution in [-0.2, 0) is 0 Å². The second kappa shape index (κ2) is 5.10. The van der Waals surface area contributed by atoms with Gasteiger partial charge in [0, 0.05) is 5.69 Å². The van der Waals surface area contributed by atoms with Gasteiger partial charge in [-0.05, 0) is 24.3 Å². The predicted molar refractivity (Wildman–Crippen MR) is 63.6 cm³/mol. The number of aromatic nitrogens is 1. The Morgan fingerprint density at radius 2 is 2.00 bits per heavy atom. The normalized spacial score (nSPS) is 10.2. The Balaban J connectivity index is 2.24. The van der Waals surface area contributed by atoms with Gasteiger partial charge in [0.05, 0.1) is 11.8 Å². The minimum atomic E-state index is -0.677. The number of hydrogen-bond donors (Lipinski definition) is 1. The predicted octanol–water partition coefficient (Wildman–Crippen LogP) is 3.27. The second-order valence-electron chi connectivity index (χ2n) is 3.46. The van der Waals surface area contributed by atoms with Crippen LogP contribution in [0.4, 0.5) is 14.5 Å². The summed E-state index contributed by atoms with van der Waals surface area (Å²) in [5.41, 5.74) is 0.140. The summed E-state index contributed by atoms with van der Waals surface area (Å²) in [7, 11) is 0. The fourth-order valence-corrected chi connectivity index (χ4v) is 1.54. The third kappa shape index (κ3) is 2.81. The van der Waals surface area contributed by atoms with E-state index in [0.29, 0.717) is 0 Å². The van der Waals surface area contributed by atoms with E-state index in [2.05, 4.69) is 10.3 Å². The van der Waals surface area contributed by atoms with E-state index < -0.39 is 17.5 Å². The van der Waals surface area contributed by atoms with Gasteiger partial charge in [-0.2, -0.15) is 0 Å². The zero-order chi connectivity index (χ0) is 13.1. The van der Waals surface area contributed by atoms with Crippen molar-refractivity contribution in [2.24, 2.45) is 0 Å². The van der Waals surface area contributed by atoms with Crippen molar-refractivity contribution in [2.75, 3.05) is 5.32 Å². The summed E-state index contributed by atoms with van der Waals surface area (Å²) < 4.78 is 25.9. The molecule has 0 aliphatic heterocycles. The summed E-state index contributed by atoms with van der Waals surface area (Å²) in [6.07, 6.45) is 0.904. The molecule has 18 heavy (non-hydrogen) atoms. The van der Waals surface area contributed by atoms with Gasteiger partial charge < -0.3 is 5.32 Å². The van der Waals surface area contributed by atoms with Gasteiger partial charge in [-0.15, -0.1) is 0 Å². The third-order valence-corrected chi connectivity index (χ3v) is 2.43. The zero-order valence-corrected chi connectivity index (χ0v) is 9.71. The molecule has 6 heteroatoms. The summed E-state index contributed by atoms with van der Waals surface area (Å²) in [6.45, 7) is 0. The number of anilines is 1. The van der Waals surface area contributed by atoms with Crippen molar-refractivity contribution in [3.63, 3.8) is 0 Å². The van der Waals surface area contributed by atoms with Crippen LogP contribution in [0.1, 0.15) is 10.4 Å². The summed E-state index contributed by atoms with van der Waals surface area (Å²) in [5, 5.41) is 2.28. The Bertz CT molecular complexity index is 604. The first-order chi connectivity index (χ1) is 8.56. The highest BCUT2D eigenvalue weighted by atomic mass is 35.5. The number of benzene rings is 1. The molecule has 2 aromatic rings. The number of carbonyl (C=O) groups excluding carboxylic acids is 1. The largest absolute Gasteiger partial charge is 0.322 e. The zero-order valence-electron chi connectivity index (χ0n) is 8.95. The van der Waals surface area contributed by atoms with Crippen LogP contribution in [0.3, 0.4) is 0 Å². The number of amides is 1. The maximum absolute atomic E-state index is 12.9. The minimum absolute atomic E-state index is 0.110. The van der Waals surface area contributed by atoms with Crippen LogP contribution in [0.25, 0.3) is 0 Å². The maximum Gasteiger partial charge on any atom is 0.258 e. The lowest BCUT2D eigenvalue weighted by molar-refractivity contribution is 0.102. The van der Waals surface area contributed by atoms with E-state index in [0.717, 1.165) is 18.3 Å². The first-order valence-electron chi connectivity index (χ1n) is 4.94. The number of pyridine rings is 1. The van der Waals surface area contributed by atoms with Crippen LogP contribution >= 0.6 is 11.6 Å². The van der Waals surface area contributed by atoms with Crippen molar-refractivity contribution in [1.82, 2.24) is 4.98 Å². The molecule has 0 atom stereocenters. The fraction of sp³-hybridized carbons (Fsp3) is 0. The number of carbonyl (C=O) groups is 1.